The Morgan fingerprint density at radius 2 is 1.78 bits per heavy atom. The van der Waals surface area contributed by atoms with Gasteiger partial charge in [-0.15, -0.1) is 0 Å². The summed E-state index contributed by atoms with van der Waals surface area (Å²) in [5.41, 5.74) is 6.81. The molecule has 0 aliphatic carbocycles. The van der Waals surface area contributed by atoms with Crippen molar-refractivity contribution in [1.82, 2.24) is 15.8 Å². The largest absolute Gasteiger partial charge is 0.464 e. The van der Waals surface area contributed by atoms with Crippen molar-refractivity contribution in [3.8, 4) is 0 Å². The van der Waals surface area contributed by atoms with E-state index in [4.69, 9.17) is 0 Å². The second kappa shape index (κ2) is 9.16. The molecular weight excluding hydrogens is 403 g/mol. The zero-order valence-corrected chi connectivity index (χ0v) is 19.6. The van der Waals surface area contributed by atoms with Crippen LogP contribution in [0.25, 0.3) is 0 Å². The summed E-state index contributed by atoms with van der Waals surface area (Å²) in [5.74, 6) is -0.638. The lowest BCUT2D eigenvalue weighted by Crippen LogP contribution is -2.56. The molecule has 0 saturated heterocycles. The number of hydrazone groups is 1. The first-order chi connectivity index (χ1) is 15.0. The molecule has 2 aromatic carbocycles. The van der Waals surface area contributed by atoms with Gasteiger partial charge in [0.15, 0.2) is 0 Å². The number of hydrogen-bond acceptors (Lipinski definition) is 5. The van der Waals surface area contributed by atoms with Gasteiger partial charge in [-0.2, -0.15) is 5.10 Å². The Kier molecular flexibility index (Phi) is 6.74. The van der Waals surface area contributed by atoms with Gasteiger partial charge in [0.2, 0.25) is 0 Å². The van der Waals surface area contributed by atoms with Crippen LogP contribution in [0.4, 0.5) is 0 Å². The number of fused-ring (bicyclic) bond motifs is 1. The fourth-order valence-corrected chi connectivity index (χ4v) is 4.19. The molecule has 3 rings (SSSR count). The molecule has 0 fully saturated rings. The molecule has 0 spiro atoms. The molecule has 2 aromatic rings. The predicted octanol–water partition coefficient (Wildman–Crippen LogP) is 2.54. The summed E-state index contributed by atoms with van der Waals surface area (Å²) in [6, 6.07) is 10.5. The van der Waals surface area contributed by atoms with Crippen molar-refractivity contribution in [2.45, 2.75) is 54.0 Å². The van der Waals surface area contributed by atoms with Gasteiger partial charge in [-0.05, 0) is 61.0 Å². The highest BCUT2D eigenvalue weighted by Gasteiger charge is 2.34. The second-order valence-corrected chi connectivity index (χ2v) is 9.42. The normalized spacial score (nSPS) is 13.8. The van der Waals surface area contributed by atoms with Crippen LogP contribution in [0, 0.1) is 19.3 Å². The molecule has 0 aromatic heterocycles. The maximum Gasteiger partial charge on any atom is 0.464 e. The van der Waals surface area contributed by atoms with Crippen LogP contribution in [-0.4, -0.2) is 41.2 Å². The smallest absolute Gasteiger partial charge is 0.428 e. The van der Waals surface area contributed by atoms with Crippen molar-refractivity contribution in [1.29, 1.82) is 0 Å². The molecule has 168 valence electrons. The number of nitrogens with zero attached hydrogens (tertiary/aromatic N) is 2. The standard InChI is InChI=1S/C24H31BN4O3/c1-7-21(24(4,5)6)29(23(31)18-11-15(2)10-16(3)12-18)27-22(30)17-8-9-20-19(13-17)14-26-28-25(20)32/h8-14,21,28,32H,7H2,1-6H3,(H,27,30)/t21-/m1/s1. The summed E-state index contributed by atoms with van der Waals surface area (Å²) >= 11 is 0. The lowest BCUT2D eigenvalue weighted by atomic mass is 9.71. The van der Waals surface area contributed by atoms with E-state index in [0.717, 1.165) is 11.1 Å². The molecule has 1 aliphatic heterocycles. The highest BCUT2D eigenvalue weighted by Crippen LogP contribution is 2.27. The molecule has 3 N–H and O–H groups in total. The molecule has 7 nitrogen and oxygen atoms in total. The average Bonchev–Trinajstić information content (AvgIpc) is 2.71. The number of amides is 2. The third-order valence-corrected chi connectivity index (χ3v) is 5.65. The van der Waals surface area contributed by atoms with Gasteiger partial charge in [0.05, 0.1) is 12.3 Å². The van der Waals surface area contributed by atoms with Crippen LogP contribution in [0.1, 0.15) is 71.5 Å². The Morgan fingerprint density at radius 3 is 2.38 bits per heavy atom. The molecule has 32 heavy (non-hydrogen) atoms. The first-order valence-electron chi connectivity index (χ1n) is 10.8. The van der Waals surface area contributed by atoms with Gasteiger partial charge in [0, 0.05) is 11.1 Å². The maximum absolute atomic E-state index is 13.6. The first kappa shape index (κ1) is 23.5. The second-order valence-electron chi connectivity index (χ2n) is 9.42. The van der Waals surface area contributed by atoms with E-state index in [1.807, 2.05) is 39.0 Å². The number of carbonyl (C=O) groups is 2. The number of aryl methyl sites for hydroxylation is 2. The minimum Gasteiger partial charge on any atom is -0.428 e. The fourth-order valence-electron chi connectivity index (χ4n) is 4.19. The average molecular weight is 434 g/mol. The third kappa shape index (κ3) is 5.02. The van der Waals surface area contributed by atoms with E-state index in [1.165, 1.54) is 5.01 Å². The van der Waals surface area contributed by atoms with Crippen LogP contribution < -0.4 is 16.2 Å². The molecule has 1 aliphatic rings. The zero-order chi connectivity index (χ0) is 23.6. The summed E-state index contributed by atoms with van der Waals surface area (Å²) in [6.07, 6.45) is 2.23. The molecule has 0 saturated carbocycles. The van der Waals surface area contributed by atoms with E-state index in [9.17, 15) is 14.6 Å². The number of hydrogen-bond donors (Lipinski definition) is 3. The number of hydrazine groups is 1. The van der Waals surface area contributed by atoms with Crippen molar-refractivity contribution < 1.29 is 14.6 Å². The van der Waals surface area contributed by atoms with E-state index in [1.54, 1.807) is 24.4 Å². The van der Waals surface area contributed by atoms with Gasteiger partial charge < -0.3 is 10.4 Å². The van der Waals surface area contributed by atoms with E-state index >= 15 is 0 Å². The molecule has 0 unspecified atom stereocenters. The van der Waals surface area contributed by atoms with Crippen LogP contribution in [0.15, 0.2) is 41.5 Å². The molecule has 1 atom stereocenters. The van der Waals surface area contributed by atoms with Gasteiger partial charge in [-0.25, -0.2) is 5.01 Å². The minimum atomic E-state index is -0.917. The Labute approximate surface area is 190 Å². The summed E-state index contributed by atoms with van der Waals surface area (Å²) in [6.45, 7) is 12.1. The van der Waals surface area contributed by atoms with Gasteiger partial charge in [-0.1, -0.05) is 51.0 Å². The first-order valence-corrected chi connectivity index (χ1v) is 10.8. The van der Waals surface area contributed by atoms with Crippen molar-refractivity contribution in [3.05, 3.63) is 64.2 Å². The van der Waals surface area contributed by atoms with Crippen LogP contribution >= 0.6 is 0 Å². The summed E-state index contributed by atoms with van der Waals surface area (Å²) < 4.78 is 0. The Bertz CT molecular complexity index is 1040. The highest BCUT2D eigenvalue weighted by atomic mass is 16.2. The predicted molar refractivity (Wildman–Crippen MR) is 128 cm³/mol. The van der Waals surface area contributed by atoms with Gasteiger partial charge in [0.1, 0.15) is 0 Å². The Morgan fingerprint density at radius 1 is 1.12 bits per heavy atom. The van der Waals surface area contributed by atoms with E-state index < -0.39 is 13.0 Å². The summed E-state index contributed by atoms with van der Waals surface area (Å²) in [5, 5.41) is 17.9. The number of nitrogens with one attached hydrogen (secondary N) is 2. The van der Waals surface area contributed by atoms with Crippen LogP contribution in [0.2, 0.25) is 0 Å². The highest BCUT2D eigenvalue weighted by molar-refractivity contribution is 6.65. The number of benzene rings is 2. The number of carbonyl (C=O) groups excluding carboxylic acids is 2. The van der Waals surface area contributed by atoms with Gasteiger partial charge in [0.25, 0.3) is 11.8 Å². The number of rotatable bonds is 4. The molecule has 2 amide bonds. The zero-order valence-electron chi connectivity index (χ0n) is 19.6. The van der Waals surface area contributed by atoms with Crippen molar-refractivity contribution in [2.24, 2.45) is 10.5 Å². The minimum absolute atomic E-state index is 0.218. The quantitative estimate of drug-likeness (QED) is 0.509. The monoisotopic (exact) mass is 434 g/mol. The van der Waals surface area contributed by atoms with E-state index in [-0.39, 0.29) is 17.4 Å². The van der Waals surface area contributed by atoms with Crippen LogP contribution in [0.3, 0.4) is 0 Å². The topological polar surface area (TPSA) is 94.0 Å². The van der Waals surface area contributed by atoms with E-state index in [2.05, 4.69) is 36.6 Å². The lowest BCUT2D eigenvalue weighted by Gasteiger charge is -2.39. The van der Waals surface area contributed by atoms with E-state index in [0.29, 0.717) is 28.6 Å². The molecule has 0 bridgehead atoms. The fraction of sp³-hybridized carbons (Fsp3) is 0.375. The maximum atomic E-state index is 13.6. The molecular formula is C24H31BN4O3. The van der Waals surface area contributed by atoms with Crippen molar-refractivity contribution in [2.75, 3.05) is 0 Å². The van der Waals surface area contributed by atoms with Crippen LogP contribution in [0.5, 0.6) is 0 Å². The van der Waals surface area contributed by atoms with Gasteiger partial charge in [-0.3, -0.25) is 15.0 Å². The Balaban J connectivity index is 1.96. The van der Waals surface area contributed by atoms with Crippen molar-refractivity contribution in [3.63, 3.8) is 0 Å². The SMILES string of the molecule is CC[C@@H](N(NC(=O)c1ccc2c(c1)C=NNB2O)C(=O)c1cc(C)cc(C)c1)C(C)(C)C. The molecule has 0 radical (unpaired) electrons. The third-order valence-electron chi connectivity index (χ3n) is 5.65. The lowest BCUT2D eigenvalue weighted by molar-refractivity contribution is 0.0285. The molecule has 1 heterocycles. The summed E-state index contributed by atoms with van der Waals surface area (Å²) in [4.78, 5) is 26.8. The Hall–Kier alpha value is -3.13. The summed E-state index contributed by atoms with van der Waals surface area (Å²) in [7, 11) is -0.917. The van der Waals surface area contributed by atoms with Crippen LogP contribution in [-0.2, 0) is 0 Å². The molecule has 8 heteroatoms. The van der Waals surface area contributed by atoms with Gasteiger partial charge >= 0.3 is 7.05 Å². The van der Waals surface area contributed by atoms with Crippen molar-refractivity contribution >= 4 is 30.5 Å².